The molecular formula is C31H37N2+. The van der Waals surface area contributed by atoms with Crippen molar-refractivity contribution < 1.29 is 4.57 Å². The second-order valence-corrected chi connectivity index (χ2v) is 9.89. The van der Waals surface area contributed by atoms with Crippen LogP contribution in [0.5, 0.6) is 0 Å². The van der Waals surface area contributed by atoms with Crippen LogP contribution in [-0.4, -0.2) is 4.57 Å². The summed E-state index contributed by atoms with van der Waals surface area (Å²) in [6, 6.07) is 22.1. The molecule has 4 aromatic rings. The normalized spacial score (nSPS) is 11.6. The topological polar surface area (TPSA) is 8.81 Å². The zero-order valence-corrected chi connectivity index (χ0v) is 21.4. The van der Waals surface area contributed by atoms with Crippen LogP contribution in [0.2, 0.25) is 0 Å². The van der Waals surface area contributed by atoms with Crippen LogP contribution >= 0.6 is 0 Å². The first-order valence-corrected chi connectivity index (χ1v) is 12.1. The molecule has 0 unspecified atom stereocenters. The van der Waals surface area contributed by atoms with Crippen molar-refractivity contribution in [1.29, 1.82) is 0 Å². The van der Waals surface area contributed by atoms with Crippen LogP contribution in [0.4, 0.5) is 0 Å². The Morgan fingerprint density at radius 2 is 1.27 bits per heavy atom. The van der Waals surface area contributed by atoms with E-state index in [0.717, 1.165) is 0 Å². The van der Waals surface area contributed by atoms with Gasteiger partial charge in [0.15, 0.2) is 6.20 Å². The van der Waals surface area contributed by atoms with Crippen molar-refractivity contribution in [3.63, 3.8) is 0 Å². The molecule has 4 rings (SSSR count). The maximum absolute atomic E-state index is 2.54. The quantitative estimate of drug-likeness (QED) is 0.282. The molecule has 0 N–H and O–H groups in total. The van der Waals surface area contributed by atoms with Crippen LogP contribution in [0.3, 0.4) is 0 Å². The van der Waals surface area contributed by atoms with Crippen molar-refractivity contribution in [2.45, 2.75) is 60.3 Å². The fourth-order valence-corrected chi connectivity index (χ4v) is 4.92. The Balaban J connectivity index is 2.12. The molecule has 2 aromatic carbocycles. The molecule has 0 aliphatic rings. The van der Waals surface area contributed by atoms with Crippen molar-refractivity contribution in [2.75, 3.05) is 0 Å². The molecule has 0 spiro atoms. The van der Waals surface area contributed by atoms with E-state index in [2.05, 4.69) is 132 Å². The summed E-state index contributed by atoms with van der Waals surface area (Å²) in [5.41, 5.74) is 13.3. The molecule has 0 aliphatic heterocycles. The largest absolute Gasteiger partial charge is 0.308 e. The van der Waals surface area contributed by atoms with Gasteiger partial charge in [-0.3, -0.25) is 0 Å². The number of aryl methyl sites for hydroxylation is 1. The number of rotatable bonds is 5. The van der Waals surface area contributed by atoms with Crippen molar-refractivity contribution >= 4 is 0 Å². The Hall–Kier alpha value is -3.13. The third-order valence-electron chi connectivity index (χ3n) is 7.06. The Morgan fingerprint density at radius 3 is 1.82 bits per heavy atom. The lowest BCUT2D eigenvalue weighted by Crippen LogP contribution is -2.31. The van der Waals surface area contributed by atoms with E-state index >= 15 is 0 Å². The van der Waals surface area contributed by atoms with Gasteiger partial charge >= 0.3 is 0 Å². The molecule has 0 radical (unpaired) electrons. The molecule has 170 valence electrons. The first kappa shape index (κ1) is 23.0. The minimum atomic E-state index is 0.404. The number of hydrogen-bond acceptors (Lipinski definition) is 0. The van der Waals surface area contributed by atoms with Gasteiger partial charge in [0.2, 0.25) is 5.69 Å². The van der Waals surface area contributed by atoms with Gasteiger partial charge in [0.25, 0.3) is 0 Å². The molecule has 0 bridgehead atoms. The van der Waals surface area contributed by atoms with E-state index in [-0.39, 0.29) is 0 Å². The van der Waals surface area contributed by atoms with Gasteiger partial charge in [-0.05, 0) is 84.2 Å². The summed E-state index contributed by atoms with van der Waals surface area (Å²) >= 11 is 0. The molecule has 2 aromatic heterocycles. The van der Waals surface area contributed by atoms with Crippen LogP contribution in [0.15, 0.2) is 66.9 Å². The van der Waals surface area contributed by atoms with Crippen LogP contribution in [0.1, 0.15) is 67.5 Å². The number of nitrogens with zero attached hydrogens (tertiary/aromatic N) is 2. The highest BCUT2D eigenvalue weighted by Gasteiger charge is 2.27. The highest BCUT2D eigenvalue weighted by atomic mass is 15.0. The molecule has 0 amide bonds. The van der Waals surface area contributed by atoms with Crippen molar-refractivity contribution in [3.05, 3.63) is 94.8 Å². The van der Waals surface area contributed by atoms with Crippen LogP contribution in [-0.2, 0) is 7.05 Å². The Kier molecular flexibility index (Phi) is 6.30. The van der Waals surface area contributed by atoms with Gasteiger partial charge in [-0.2, -0.15) is 4.57 Å². The van der Waals surface area contributed by atoms with E-state index < -0.39 is 0 Å². The molecule has 0 aliphatic carbocycles. The summed E-state index contributed by atoms with van der Waals surface area (Å²) in [7, 11) is 2.14. The molecule has 2 heterocycles. The van der Waals surface area contributed by atoms with Gasteiger partial charge in [-0.1, -0.05) is 58.0 Å². The second-order valence-electron chi connectivity index (χ2n) is 9.89. The third-order valence-corrected chi connectivity index (χ3v) is 7.06. The summed E-state index contributed by atoms with van der Waals surface area (Å²) < 4.78 is 4.78. The maximum atomic E-state index is 2.54. The molecule has 0 saturated carbocycles. The van der Waals surface area contributed by atoms with Crippen molar-refractivity contribution in [2.24, 2.45) is 7.05 Å². The molecule has 33 heavy (non-hydrogen) atoms. The van der Waals surface area contributed by atoms with Gasteiger partial charge in [0.05, 0.1) is 5.69 Å². The van der Waals surface area contributed by atoms with Crippen LogP contribution in [0.25, 0.3) is 28.2 Å². The lowest BCUT2D eigenvalue weighted by Gasteiger charge is -2.25. The second kappa shape index (κ2) is 9.02. The predicted molar refractivity (Wildman–Crippen MR) is 140 cm³/mol. The molecule has 0 fully saturated rings. The average molecular weight is 438 g/mol. The summed E-state index contributed by atoms with van der Waals surface area (Å²) in [5, 5.41) is 0. The number of benzene rings is 2. The Morgan fingerprint density at radius 1 is 0.697 bits per heavy atom. The number of aromatic nitrogens is 2. The average Bonchev–Trinajstić information content (AvgIpc) is 3.02. The van der Waals surface area contributed by atoms with Crippen molar-refractivity contribution in [3.8, 4) is 28.2 Å². The molecule has 2 nitrogen and oxygen atoms in total. The van der Waals surface area contributed by atoms with Gasteiger partial charge in [-0.15, -0.1) is 0 Å². The van der Waals surface area contributed by atoms with Gasteiger partial charge < -0.3 is 4.57 Å². The van der Waals surface area contributed by atoms with Gasteiger partial charge in [-0.25, -0.2) is 0 Å². The van der Waals surface area contributed by atoms with Crippen LogP contribution < -0.4 is 4.57 Å². The van der Waals surface area contributed by atoms with E-state index in [1.165, 1.54) is 56.1 Å². The minimum Gasteiger partial charge on any atom is -0.308 e. The molecule has 2 heteroatoms. The zero-order valence-electron chi connectivity index (χ0n) is 21.4. The standard InChI is InChI=1S/C31H37N2/c1-20(2)27-18-26(25-14-10-9-11-15-25)19-28(21(3)4)31(27)33-24(7)22(5)23(6)30(33)29-16-12-13-17-32(29)8/h9-21H,1-8H3/q+1. The first-order chi connectivity index (χ1) is 15.7. The van der Waals surface area contributed by atoms with Crippen LogP contribution in [0, 0.1) is 20.8 Å². The van der Waals surface area contributed by atoms with E-state index in [1.807, 2.05) is 0 Å². The zero-order chi connectivity index (χ0) is 23.9. The summed E-state index contributed by atoms with van der Waals surface area (Å²) in [5.74, 6) is 0.807. The Labute approximate surface area is 199 Å². The number of pyridine rings is 1. The highest BCUT2D eigenvalue weighted by molar-refractivity contribution is 5.73. The maximum Gasteiger partial charge on any atom is 0.229 e. The van der Waals surface area contributed by atoms with E-state index in [4.69, 9.17) is 0 Å². The molecule has 0 atom stereocenters. The third kappa shape index (κ3) is 4.04. The summed E-state index contributed by atoms with van der Waals surface area (Å²) in [6.45, 7) is 16.1. The lowest BCUT2D eigenvalue weighted by molar-refractivity contribution is -0.660. The Bertz CT molecular complexity index is 1260. The fraction of sp³-hybridized carbons (Fsp3) is 0.323. The van der Waals surface area contributed by atoms with E-state index in [0.29, 0.717) is 11.8 Å². The monoisotopic (exact) mass is 437 g/mol. The lowest BCUT2D eigenvalue weighted by atomic mass is 9.88. The molecular weight excluding hydrogens is 400 g/mol. The van der Waals surface area contributed by atoms with E-state index in [1.54, 1.807) is 0 Å². The van der Waals surface area contributed by atoms with Crippen molar-refractivity contribution in [1.82, 2.24) is 4.57 Å². The SMILES string of the molecule is Cc1c(C)c(-c2cccc[n+]2C)n(-c2c(C(C)C)cc(-c3ccccc3)cc2C(C)C)c1C. The smallest absolute Gasteiger partial charge is 0.229 e. The fourth-order valence-electron chi connectivity index (χ4n) is 4.92. The highest BCUT2D eigenvalue weighted by Crippen LogP contribution is 2.41. The predicted octanol–water partition coefficient (Wildman–Crippen LogP) is 7.81. The van der Waals surface area contributed by atoms with Gasteiger partial charge in [0.1, 0.15) is 12.7 Å². The summed E-state index contributed by atoms with van der Waals surface area (Å²) in [4.78, 5) is 0. The summed E-state index contributed by atoms with van der Waals surface area (Å²) in [6.07, 6.45) is 2.14. The van der Waals surface area contributed by atoms with Gasteiger partial charge in [0, 0.05) is 17.8 Å². The first-order valence-electron chi connectivity index (χ1n) is 12.1. The minimum absolute atomic E-state index is 0.404. The van der Waals surface area contributed by atoms with E-state index in [9.17, 15) is 0 Å². The molecule has 0 saturated heterocycles. The number of hydrogen-bond donors (Lipinski definition) is 0.